The van der Waals surface area contributed by atoms with Gasteiger partial charge in [-0.05, 0) is 139 Å². The fraction of sp³-hybridized carbons (Fsp3) is 0.632. The van der Waals surface area contributed by atoms with E-state index in [9.17, 15) is 55.0 Å². The SMILES string of the molecule is COCCN1C[C@H](CCO)C2CCCC(C1=O)N2S(=O)(=O)c1cc(Cl)cc(Cl)c1.COCCN1C[C@H]([C@@H](C)O)C2CCCC(C1=O)N2S(=O)(=O)c1cc(Cl)cc(Cl)c1.COCCN1C[C@H]([C@H](C)O)C2CCCC(C1=O)N2S(=O)(=O)c1cc(Cl)cc(Cl)c1. The number of amides is 3. The van der Waals surface area contributed by atoms with Crippen LogP contribution in [0.2, 0.25) is 30.1 Å². The van der Waals surface area contributed by atoms with Crippen molar-refractivity contribution in [3.63, 3.8) is 0 Å². The van der Waals surface area contributed by atoms with Crippen LogP contribution in [0.5, 0.6) is 0 Å². The van der Waals surface area contributed by atoms with Crippen LogP contribution in [0.3, 0.4) is 0 Å². The summed E-state index contributed by atoms with van der Waals surface area (Å²) in [5, 5.41) is 31.7. The number of fused-ring (bicyclic) bond motifs is 6. The fourth-order valence-electron chi connectivity index (χ4n) is 13.1. The van der Waals surface area contributed by atoms with Gasteiger partial charge in [-0.3, -0.25) is 14.4 Å². The molecule has 21 nitrogen and oxygen atoms in total. The number of rotatable bonds is 19. The third kappa shape index (κ3) is 16.6. The van der Waals surface area contributed by atoms with Gasteiger partial charge < -0.3 is 44.2 Å². The molecular weight excluding hydrogens is 1320 g/mol. The number of hydrogen-bond donors (Lipinski definition) is 3. The van der Waals surface area contributed by atoms with Crippen molar-refractivity contribution in [1.29, 1.82) is 0 Å². The number of piperidine rings is 3. The Morgan fingerprint density at radius 3 is 1.01 bits per heavy atom. The van der Waals surface area contributed by atoms with E-state index in [1.165, 1.54) is 67.5 Å². The van der Waals surface area contributed by atoms with E-state index >= 15 is 0 Å². The van der Waals surface area contributed by atoms with Gasteiger partial charge in [0, 0.05) is 127 Å². The molecular formula is C57H78Cl6N6O15S3. The second kappa shape index (κ2) is 31.3. The predicted octanol–water partition coefficient (Wildman–Crippen LogP) is 7.17. The molecule has 9 rings (SSSR count). The maximum absolute atomic E-state index is 13.6. The fourth-order valence-corrected chi connectivity index (χ4v) is 20.9. The Bertz CT molecular complexity index is 3050. The normalized spacial score (nSPS) is 26.6. The van der Waals surface area contributed by atoms with Gasteiger partial charge in [0.25, 0.3) is 0 Å². The van der Waals surface area contributed by atoms with Crippen LogP contribution in [0.1, 0.15) is 78.1 Å². The standard InChI is InChI=1S/3C19H26Cl2N2O5S/c2*1-12(24)16-11-22(6-7-28-2)19(25)18-5-3-4-17(16)23(18)29(26,27)15-9-13(20)8-14(21)10-15;1-28-8-6-22-12-13(5-7-24)17-3-2-4-18(19(22)25)23(17)29(26,27)16-10-14(20)9-15(21)11-16/h2*8-10,12,16-18,24H,3-7,11H2,1-2H3;9-11,13,17-18,24H,2-8,12H2,1H3/t12-,16+,17?,18?;12-,16-,17?,18?;13-,17?,18?/m010/s1. The molecule has 87 heavy (non-hydrogen) atoms. The number of aliphatic hydroxyl groups is 3. The molecule has 0 aromatic heterocycles. The molecule has 0 spiro atoms. The summed E-state index contributed by atoms with van der Waals surface area (Å²) in [7, 11) is -7.47. The first kappa shape index (κ1) is 71.7. The van der Waals surface area contributed by atoms with E-state index < -0.39 is 84.3 Å². The second-order valence-electron chi connectivity index (χ2n) is 22.8. The van der Waals surface area contributed by atoms with Crippen molar-refractivity contribution in [2.45, 2.75) is 141 Å². The van der Waals surface area contributed by atoms with E-state index in [0.29, 0.717) is 104 Å². The second-order valence-corrected chi connectivity index (χ2v) is 30.9. The molecule has 3 N–H and O–H groups in total. The lowest BCUT2D eigenvalue weighted by molar-refractivity contribution is -0.136. The number of carbonyl (C=O) groups excluding carboxylic acids is 3. The highest BCUT2D eigenvalue weighted by atomic mass is 35.5. The average molecular weight is 1400 g/mol. The highest BCUT2D eigenvalue weighted by Crippen LogP contribution is 2.43. The van der Waals surface area contributed by atoms with Crippen molar-refractivity contribution in [1.82, 2.24) is 27.6 Å². The Balaban J connectivity index is 0.000000186. The van der Waals surface area contributed by atoms with Crippen molar-refractivity contribution in [3.8, 4) is 0 Å². The summed E-state index contributed by atoms with van der Waals surface area (Å²) in [5.41, 5.74) is 0. The van der Waals surface area contributed by atoms with Gasteiger partial charge in [-0.2, -0.15) is 12.9 Å². The molecule has 6 aliphatic rings. The van der Waals surface area contributed by atoms with E-state index in [2.05, 4.69) is 0 Å². The molecule has 3 amide bonds. The number of ether oxygens (including phenoxy) is 3. The lowest BCUT2D eigenvalue weighted by atomic mass is 9.87. The van der Waals surface area contributed by atoms with Gasteiger partial charge in [0.2, 0.25) is 47.8 Å². The maximum Gasteiger partial charge on any atom is 0.244 e. The van der Waals surface area contributed by atoms with Crippen molar-refractivity contribution in [2.24, 2.45) is 17.8 Å². The lowest BCUT2D eigenvalue weighted by Crippen LogP contribution is -2.55. The minimum atomic E-state index is -4.06. The van der Waals surface area contributed by atoms with Gasteiger partial charge >= 0.3 is 0 Å². The zero-order chi connectivity index (χ0) is 63.9. The molecule has 0 aliphatic carbocycles. The summed E-state index contributed by atoms with van der Waals surface area (Å²) in [6.07, 6.45) is 4.13. The Labute approximate surface area is 541 Å². The van der Waals surface area contributed by atoms with E-state index in [1.807, 2.05) is 0 Å². The summed E-state index contributed by atoms with van der Waals surface area (Å²) in [4.78, 5) is 44.6. The highest BCUT2D eigenvalue weighted by molar-refractivity contribution is 7.89. The van der Waals surface area contributed by atoms with Crippen LogP contribution in [0.25, 0.3) is 0 Å². The zero-order valence-corrected chi connectivity index (χ0v) is 56.1. The molecule has 0 radical (unpaired) electrons. The van der Waals surface area contributed by atoms with Crippen LogP contribution in [0, 0.1) is 17.8 Å². The number of methoxy groups -OCH3 is 3. The minimum Gasteiger partial charge on any atom is -0.396 e. The van der Waals surface area contributed by atoms with Crippen LogP contribution in [-0.2, 0) is 58.7 Å². The predicted molar refractivity (Wildman–Crippen MR) is 332 cm³/mol. The number of aliphatic hydroxyl groups excluding tert-OH is 3. The van der Waals surface area contributed by atoms with Crippen molar-refractivity contribution >= 4 is 117 Å². The smallest absolute Gasteiger partial charge is 0.244 e. The third-order valence-electron chi connectivity index (χ3n) is 17.1. The number of carbonyl (C=O) groups is 3. The molecule has 6 saturated heterocycles. The maximum atomic E-state index is 13.6. The van der Waals surface area contributed by atoms with Gasteiger partial charge in [0.15, 0.2) is 0 Å². The first-order valence-corrected chi connectivity index (χ1v) is 35.5. The van der Waals surface area contributed by atoms with Crippen LogP contribution in [-0.4, -0.2) is 221 Å². The number of nitrogens with zero attached hydrogens (tertiary/aromatic N) is 6. The van der Waals surface area contributed by atoms with Gasteiger partial charge in [0.05, 0.1) is 46.7 Å². The molecule has 11 atom stereocenters. The number of benzene rings is 3. The molecule has 6 heterocycles. The van der Waals surface area contributed by atoms with Crippen LogP contribution < -0.4 is 0 Å². The summed E-state index contributed by atoms with van der Waals surface area (Å²) in [6, 6.07) is 8.69. The molecule has 0 saturated carbocycles. The first-order chi connectivity index (χ1) is 41.1. The molecule has 6 fully saturated rings. The average Bonchev–Trinajstić information content (AvgIpc) is 2.46. The summed E-state index contributed by atoms with van der Waals surface area (Å²) in [6.45, 7) is 6.28. The molecule has 3 aromatic carbocycles. The van der Waals surface area contributed by atoms with Gasteiger partial charge in [-0.25, -0.2) is 25.3 Å². The number of hydrogen-bond acceptors (Lipinski definition) is 15. The largest absolute Gasteiger partial charge is 0.396 e. The van der Waals surface area contributed by atoms with E-state index in [4.69, 9.17) is 83.8 Å². The molecule has 486 valence electrons. The van der Waals surface area contributed by atoms with Crippen LogP contribution >= 0.6 is 69.6 Å². The number of sulfonamides is 3. The van der Waals surface area contributed by atoms with E-state index in [0.717, 1.165) is 6.42 Å². The van der Waals surface area contributed by atoms with Crippen LogP contribution in [0.15, 0.2) is 69.3 Å². The monoisotopic (exact) mass is 1390 g/mol. The van der Waals surface area contributed by atoms with Gasteiger partial charge in [-0.15, -0.1) is 0 Å². The van der Waals surface area contributed by atoms with Gasteiger partial charge in [0.1, 0.15) is 18.1 Å². The third-order valence-corrected chi connectivity index (χ3v) is 24.2. The Hall–Kier alpha value is -2.70. The summed E-state index contributed by atoms with van der Waals surface area (Å²) >= 11 is 36.3. The van der Waals surface area contributed by atoms with Crippen LogP contribution in [0.4, 0.5) is 0 Å². The van der Waals surface area contributed by atoms with Crippen molar-refractivity contribution in [3.05, 3.63) is 84.7 Å². The Morgan fingerprint density at radius 1 is 0.460 bits per heavy atom. The molecule has 6 bridgehead atoms. The van der Waals surface area contributed by atoms with Gasteiger partial charge in [-0.1, -0.05) is 69.6 Å². The van der Waals surface area contributed by atoms with Crippen molar-refractivity contribution < 1.29 is 69.2 Å². The zero-order valence-electron chi connectivity index (χ0n) is 49.1. The van der Waals surface area contributed by atoms with E-state index in [1.54, 1.807) is 49.9 Å². The summed E-state index contributed by atoms with van der Waals surface area (Å²) in [5.74, 6) is -1.73. The quantitative estimate of drug-likeness (QED) is 0.107. The minimum absolute atomic E-state index is 0.0206. The topological polar surface area (TPSA) is 261 Å². The molecule has 3 aromatic rings. The van der Waals surface area contributed by atoms with E-state index in [-0.39, 0.29) is 94.2 Å². The first-order valence-electron chi connectivity index (χ1n) is 28.9. The molecule has 6 aliphatic heterocycles. The lowest BCUT2D eigenvalue weighted by Gasteiger charge is -2.41. The van der Waals surface area contributed by atoms with Crippen molar-refractivity contribution in [2.75, 3.05) is 87.0 Å². The molecule has 6 unspecified atom stereocenters. The highest BCUT2D eigenvalue weighted by Gasteiger charge is 2.54. The Kier molecular flexibility index (Phi) is 25.8. The number of halogens is 6. The Morgan fingerprint density at radius 2 is 0.736 bits per heavy atom. The summed E-state index contributed by atoms with van der Waals surface area (Å²) < 4.78 is 101. The molecule has 30 heteroatoms.